The van der Waals surface area contributed by atoms with E-state index < -0.39 is 0 Å². The van der Waals surface area contributed by atoms with Gasteiger partial charge in [0, 0.05) is 19.7 Å². The van der Waals surface area contributed by atoms with Crippen LogP contribution in [0.1, 0.15) is 24.5 Å². The van der Waals surface area contributed by atoms with E-state index in [1.165, 1.54) is 0 Å². The van der Waals surface area contributed by atoms with Crippen LogP contribution >= 0.6 is 0 Å². The van der Waals surface area contributed by atoms with E-state index in [9.17, 15) is 9.90 Å². The first-order valence-corrected chi connectivity index (χ1v) is 6.17. The predicted molar refractivity (Wildman–Crippen MR) is 74.1 cm³/mol. The molecule has 0 bridgehead atoms. The van der Waals surface area contributed by atoms with Gasteiger partial charge in [0.2, 0.25) is 5.91 Å². The summed E-state index contributed by atoms with van der Waals surface area (Å²) in [4.78, 5) is 13.4. The maximum atomic E-state index is 11.8. The number of amides is 1. The molecular formula is C15H21NO2. The summed E-state index contributed by atoms with van der Waals surface area (Å²) in [6, 6.07) is 7.92. The van der Waals surface area contributed by atoms with Gasteiger partial charge in [0.1, 0.15) is 0 Å². The zero-order valence-electron chi connectivity index (χ0n) is 11.3. The highest BCUT2D eigenvalue weighted by Gasteiger charge is 2.06. The molecule has 1 aromatic rings. The summed E-state index contributed by atoms with van der Waals surface area (Å²) >= 11 is 0. The Balaban J connectivity index is 2.56. The van der Waals surface area contributed by atoms with E-state index in [0.717, 1.165) is 11.1 Å². The number of aliphatic hydroxyl groups is 1. The fourth-order valence-corrected chi connectivity index (χ4v) is 1.55. The van der Waals surface area contributed by atoms with Crippen molar-refractivity contribution in [2.45, 2.75) is 26.4 Å². The Morgan fingerprint density at radius 1 is 1.44 bits per heavy atom. The van der Waals surface area contributed by atoms with Gasteiger partial charge < -0.3 is 10.0 Å². The lowest BCUT2D eigenvalue weighted by Gasteiger charge is -2.15. The third-order valence-electron chi connectivity index (χ3n) is 2.85. The first-order valence-electron chi connectivity index (χ1n) is 6.17. The Kier molecular flexibility index (Phi) is 5.59. The molecule has 1 amide bonds. The van der Waals surface area contributed by atoms with Gasteiger partial charge in [0.25, 0.3) is 0 Å². The molecule has 0 aliphatic rings. The van der Waals surface area contributed by atoms with E-state index in [0.29, 0.717) is 13.0 Å². The van der Waals surface area contributed by atoms with Gasteiger partial charge in [0.05, 0.1) is 6.10 Å². The summed E-state index contributed by atoms with van der Waals surface area (Å²) < 4.78 is 0. The number of hydrogen-bond acceptors (Lipinski definition) is 2. The van der Waals surface area contributed by atoms with Crippen LogP contribution in [0.2, 0.25) is 0 Å². The van der Waals surface area contributed by atoms with Crippen LogP contribution in [0.15, 0.2) is 30.3 Å². The van der Waals surface area contributed by atoms with Crippen LogP contribution < -0.4 is 0 Å². The Morgan fingerprint density at radius 2 is 2.11 bits per heavy atom. The highest BCUT2D eigenvalue weighted by molar-refractivity contribution is 5.91. The van der Waals surface area contributed by atoms with E-state index in [1.54, 1.807) is 24.9 Å². The zero-order valence-corrected chi connectivity index (χ0v) is 11.3. The van der Waals surface area contributed by atoms with Crippen molar-refractivity contribution in [3.63, 3.8) is 0 Å². The molecule has 0 radical (unpaired) electrons. The number of rotatable bonds is 5. The van der Waals surface area contributed by atoms with Crippen molar-refractivity contribution < 1.29 is 9.90 Å². The second-order valence-corrected chi connectivity index (χ2v) is 4.59. The molecule has 1 rings (SSSR count). The molecule has 18 heavy (non-hydrogen) atoms. The lowest BCUT2D eigenvalue weighted by atomic mass is 10.1. The lowest BCUT2D eigenvalue weighted by Crippen LogP contribution is -2.27. The Hall–Kier alpha value is -1.61. The normalized spacial score (nSPS) is 12.7. The second-order valence-electron chi connectivity index (χ2n) is 4.59. The van der Waals surface area contributed by atoms with E-state index >= 15 is 0 Å². The first-order chi connectivity index (χ1) is 8.50. The molecule has 0 saturated carbocycles. The molecule has 3 nitrogen and oxygen atoms in total. The van der Waals surface area contributed by atoms with Gasteiger partial charge in [-0.1, -0.05) is 24.3 Å². The van der Waals surface area contributed by atoms with E-state index in [2.05, 4.69) is 0 Å². The van der Waals surface area contributed by atoms with Crippen LogP contribution in [0, 0.1) is 6.92 Å². The quantitative estimate of drug-likeness (QED) is 0.811. The summed E-state index contributed by atoms with van der Waals surface area (Å²) in [6.45, 7) is 4.30. The fraction of sp³-hybridized carbons (Fsp3) is 0.400. The van der Waals surface area contributed by atoms with E-state index in [4.69, 9.17) is 0 Å². The van der Waals surface area contributed by atoms with Crippen molar-refractivity contribution in [3.05, 3.63) is 41.5 Å². The highest BCUT2D eigenvalue weighted by atomic mass is 16.3. The third kappa shape index (κ3) is 4.72. The molecule has 1 atom stereocenters. The van der Waals surface area contributed by atoms with Gasteiger partial charge in [-0.2, -0.15) is 0 Å². The molecule has 1 N–H and O–H groups in total. The molecule has 0 aromatic heterocycles. The van der Waals surface area contributed by atoms with Crippen LogP contribution in [-0.4, -0.2) is 35.6 Å². The molecule has 0 heterocycles. The topological polar surface area (TPSA) is 40.5 Å². The van der Waals surface area contributed by atoms with Crippen molar-refractivity contribution in [1.29, 1.82) is 0 Å². The standard InChI is InChI=1S/C15H21NO2/c1-12-6-4-5-7-14(12)8-9-15(18)16(3)11-10-13(2)17/h4-9,13,17H,10-11H2,1-3H3/b9-8+. The molecule has 0 spiro atoms. The molecule has 0 saturated heterocycles. The van der Waals surface area contributed by atoms with Crippen LogP contribution in [0.4, 0.5) is 0 Å². The minimum Gasteiger partial charge on any atom is -0.393 e. The number of carbonyl (C=O) groups is 1. The Bertz CT molecular complexity index is 424. The van der Waals surface area contributed by atoms with Crippen molar-refractivity contribution in [3.8, 4) is 0 Å². The molecule has 1 unspecified atom stereocenters. The summed E-state index contributed by atoms with van der Waals surface area (Å²) in [5, 5.41) is 9.17. The van der Waals surface area contributed by atoms with Crippen LogP contribution in [0.3, 0.4) is 0 Å². The van der Waals surface area contributed by atoms with Crippen molar-refractivity contribution >= 4 is 12.0 Å². The molecule has 98 valence electrons. The summed E-state index contributed by atoms with van der Waals surface area (Å²) in [7, 11) is 1.74. The van der Waals surface area contributed by atoms with Gasteiger partial charge in [-0.3, -0.25) is 4.79 Å². The minimum absolute atomic E-state index is 0.0427. The van der Waals surface area contributed by atoms with Gasteiger partial charge in [0.15, 0.2) is 0 Å². The van der Waals surface area contributed by atoms with Gasteiger partial charge in [-0.25, -0.2) is 0 Å². The third-order valence-corrected chi connectivity index (χ3v) is 2.85. The second kappa shape index (κ2) is 6.97. The summed E-state index contributed by atoms with van der Waals surface area (Å²) in [5.74, 6) is -0.0427. The smallest absolute Gasteiger partial charge is 0.246 e. The molecule has 3 heteroatoms. The highest BCUT2D eigenvalue weighted by Crippen LogP contribution is 2.09. The molecule has 0 aliphatic heterocycles. The summed E-state index contributed by atoms with van der Waals surface area (Å²) in [5.41, 5.74) is 2.20. The lowest BCUT2D eigenvalue weighted by molar-refractivity contribution is -0.124. The zero-order chi connectivity index (χ0) is 13.5. The summed E-state index contributed by atoms with van der Waals surface area (Å²) in [6.07, 6.45) is 3.63. The number of likely N-dealkylation sites (N-methyl/N-ethyl adjacent to an activating group) is 1. The maximum absolute atomic E-state index is 11.8. The van der Waals surface area contributed by atoms with Crippen LogP contribution in [0.5, 0.6) is 0 Å². The van der Waals surface area contributed by atoms with Gasteiger partial charge in [-0.15, -0.1) is 0 Å². The molecule has 0 aliphatic carbocycles. The monoisotopic (exact) mass is 247 g/mol. The van der Waals surface area contributed by atoms with E-state index in [1.807, 2.05) is 37.3 Å². The van der Waals surface area contributed by atoms with Gasteiger partial charge >= 0.3 is 0 Å². The molecule has 1 aromatic carbocycles. The Morgan fingerprint density at radius 3 is 2.72 bits per heavy atom. The maximum Gasteiger partial charge on any atom is 0.246 e. The number of aryl methyl sites for hydroxylation is 1. The first kappa shape index (κ1) is 14.5. The van der Waals surface area contributed by atoms with Gasteiger partial charge in [-0.05, 0) is 37.5 Å². The SMILES string of the molecule is Cc1ccccc1/C=C/C(=O)N(C)CCC(C)O. The average Bonchev–Trinajstić information content (AvgIpc) is 2.34. The minimum atomic E-state index is -0.374. The number of hydrogen-bond donors (Lipinski definition) is 1. The van der Waals surface area contributed by atoms with Crippen LogP contribution in [0.25, 0.3) is 6.08 Å². The number of nitrogens with zero attached hydrogens (tertiary/aromatic N) is 1. The number of carbonyl (C=O) groups excluding carboxylic acids is 1. The fourth-order valence-electron chi connectivity index (χ4n) is 1.55. The van der Waals surface area contributed by atoms with Crippen molar-refractivity contribution in [2.75, 3.05) is 13.6 Å². The largest absolute Gasteiger partial charge is 0.393 e. The molecular weight excluding hydrogens is 226 g/mol. The van der Waals surface area contributed by atoms with Crippen molar-refractivity contribution in [1.82, 2.24) is 4.90 Å². The average molecular weight is 247 g/mol. The van der Waals surface area contributed by atoms with Crippen LogP contribution in [-0.2, 0) is 4.79 Å². The Labute approximate surface area is 109 Å². The number of aliphatic hydroxyl groups excluding tert-OH is 1. The van der Waals surface area contributed by atoms with E-state index in [-0.39, 0.29) is 12.0 Å². The van der Waals surface area contributed by atoms with Crippen molar-refractivity contribution in [2.24, 2.45) is 0 Å². The predicted octanol–water partition coefficient (Wildman–Crippen LogP) is 2.24. The number of benzene rings is 1. The molecule has 0 fully saturated rings.